The minimum Gasteiger partial charge on any atom is -0.403 e. The van der Waals surface area contributed by atoms with Crippen LogP contribution in [0.3, 0.4) is 0 Å². The first-order valence-corrected chi connectivity index (χ1v) is 15.7. The zero-order valence-corrected chi connectivity index (χ0v) is 26.8. The lowest BCUT2D eigenvalue weighted by Gasteiger charge is -2.13. The molecule has 48 heavy (non-hydrogen) atoms. The molecular weight excluding hydrogens is 608 g/mol. The molecule has 0 amide bonds. The summed E-state index contributed by atoms with van der Waals surface area (Å²) in [4.78, 5) is 0. The average molecular weight is 647 g/mol. The minimum atomic E-state index is 0.0921. The largest absolute Gasteiger partial charge is 0.403 e. The Balaban J connectivity index is 1.18. The van der Waals surface area contributed by atoms with Crippen molar-refractivity contribution in [1.29, 1.82) is 0 Å². The predicted molar refractivity (Wildman–Crippen MR) is 185 cm³/mol. The molecule has 0 unspecified atom stereocenters. The lowest BCUT2D eigenvalue weighted by Crippen LogP contribution is -2.17. The van der Waals surface area contributed by atoms with E-state index >= 15 is 0 Å². The summed E-state index contributed by atoms with van der Waals surface area (Å²) < 4.78 is 12.1. The zero-order valence-electron chi connectivity index (χ0n) is 26.8. The highest BCUT2D eigenvalue weighted by atomic mass is 16.4. The summed E-state index contributed by atoms with van der Waals surface area (Å²) in [5, 5.41) is 47.8. The van der Waals surface area contributed by atoms with Crippen molar-refractivity contribution in [1.82, 2.24) is 31.0 Å². The number of anilines is 4. The first kappa shape index (κ1) is 32.5. The SMILES string of the molecule is Cc1c(-c2nnc(Nc3ccc(CNCCO)cc3)o2)cccc1-c1cccc(-c2nnc(Nc3cccc(CNCCO)c3)o2)c1C. The third-order valence-corrected chi connectivity index (χ3v) is 7.89. The van der Waals surface area contributed by atoms with Crippen molar-refractivity contribution in [2.45, 2.75) is 26.9 Å². The van der Waals surface area contributed by atoms with E-state index in [9.17, 15) is 0 Å². The molecule has 2 aromatic heterocycles. The molecule has 6 N–H and O–H groups in total. The standard InChI is InChI=1S/C36H38N8O4/c1-23-29(8-4-10-31(23)33-41-43-35(47-33)39-27-14-12-25(13-15-27)21-37-16-18-45)30-9-5-11-32(24(30)2)34-42-44-36(48-34)40-28-7-3-6-26(20-28)22-38-17-19-46/h3-15,20,37-38,45-46H,16-19,21-22H2,1-2H3,(H,39,43)(H,40,44). The monoisotopic (exact) mass is 646 g/mol. The van der Waals surface area contributed by atoms with Gasteiger partial charge in [-0.3, -0.25) is 0 Å². The maximum absolute atomic E-state index is 9.02. The van der Waals surface area contributed by atoms with Gasteiger partial charge in [-0.1, -0.05) is 58.7 Å². The summed E-state index contributed by atoms with van der Waals surface area (Å²) in [6.07, 6.45) is 0. The summed E-state index contributed by atoms with van der Waals surface area (Å²) in [6, 6.07) is 28.4. The number of rotatable bonds is 15. The van der Waals surface area contributed by atoms with Gasteiger partial charge in [-0.05, 0) is 83.6 Å². The summed E-state index contributed by atoms with van der Waals surface area (Å²) in [7, 11) is 0. The van der Waals surface area contributed by atoms with E-state index in [1.165, 1.54) is 0 Å². The Morgan fingerprint density at radius 3 is 1.60 bits per heavy atom. The van der Waals surface area contributed by atoms with Crippen molar-refractivity contribution in [2.75, 3.05) is 36.9 Å². The molecule has 2 heterocycles. The van der Waals surface area contributed by atoms with Crippen LogP contribution in [0.5, 0.6) is 0 Å². The fourth-order valence-electron chi connectivity index (χ4n) is 5.42. The van der Waals surface area contributed by atoms with Crippen molar-refractivity contribution >= 4 is 23.4 Å². The predicted octanol–water partition coefficient (Wildman–Crippen LogP) is 5.72. The summed E-state index contributed by atoms with van der Waals surface area (Å²) in [5.41, 5.74) is 9.52. The Kier molecular flexibility index (Phi) is 10.5. The number of nitrogens with zero attached hydrogens (tertiary/aromatic N) is 4. The molecular formula is C36H38N8O4. The highest BCUT2D eigenvalue weighted by molar-refractivity contribution is 5.81. The molecule has 0 fully saturated rings. The third-order valence-electron chi connectivity index (χ3n) is 7.89. The second-order valence-corrected chi connectivity index (χ2v) is 11.2. The van der Waals surface area contributed by atoms with Gasteiger partial charge in [0.05, 0.1) is 13.2 Å². The first-order valence-electron chi connectivity index (χ1n) is 15.7. The molecule has 12 heteroatoms. The van der Waals surface area contributed by atoms with Crippen molar-refractivity contribution in [3.05, 3.63) is 107 Å². The van der Waals surface area contributed by atoms with E-state index in [2.05, 4.69) is 53.8 Å². The topological polar surface area (TPSA) is 166 Å². The quantitative estimate of drug-likeness (QED) is 0.0753. The fraction of sp³-hybridized carbons (Fsp3) is 0.222. The van der Waals surface area contributed by atoms with Crippen LogP contribution in [-0.4, -0.2) is 56.9 Å². The van der Waals surface area contributed by atoms with E-state index in [0.29, 0.717) is 50.0 Å². The number of hydrogen-bond acceptors (Lipinski definition) is 12. The molecule has 246 valence electrons. The van der Waals surface area contributed by atoms with Gasteiger partial charge in [-0.15, -0.1) is 10.2 Å². The van der Waals surface area contributed by atoms with Gasteiger partial charge in [0.25, 0.3) is 0 Å². The molecule has 0 bridgehead atoms. The average Bonchev–Trinajstić information content (AvgIpc) is 3.76. The fourth-order valence-corrected chi connectivity index (χ4v) is 5.42. The number of aliphatic hydroxyl groups excluding tert-OH is 2. The normalized spacial score (nSPS) is 11.2. The van der Waals surface area contributed by atoms with Crippen LogP contribution in [0.4, 0.5) is 23.4 Å². The van der Waals surface area contributed by atoms with Crippen LogP contribution in [0.15, 0.2) is 93.8 Å². The number of nitrogens with one attached hydrogen (secondary N) is 4. The van der Waals surface area contributed by atoms with Crippen LogP contribution < -0.4 is 21.3 Å². The van der Waals surface area contributed by atoms with E-state index in [1.807, 2.05) is 86.6 Å². The highest BCUT2D eigenvalue weighted by Gasteiger charge is 2.18. The summed E-state index contributed by atoms with van der Waals surface area (Å²) >= 11 is 0. The van der Waals surface area contributed by atoms with Crippen molar-refractivity contribution in [2.24, 2.45) is 0 Å². The molecule has 0 saturated carbocycles. The minimum absolute atomic E-state index is 0.0921. The van der Waals surface area contributed by atoms with Gasteiger partial charge in [-0.25, -0.2) is 0 Å². The molecule has 0 saturated heterocycles. The molecule has 0 aliphatic heterocycles. The number of hydrogen-bond donors (Lipinski definition) is 6. The molecule has 0 aliphatic carbocycles. The van der Waals surface area contributed by atoms with Gasteiger partial charge in [0.2, 0.25) is 11.8 Å². The maximum atomic E-state index is 9.02. The molecule has 0 aliphatic rings. The van der Waals surface area contributed by atoms with Gasteiger partial charge in [0.1, 0.15) is 0 Å². The molecule has 0 radical (unpaired) electrons. The lowest BCUT2D eigenvalue weighted by atomic mass is 9.91. The Hall–Kier alpha value is -5.40. The molecule has 0 atom stereocenters. The van der Waals surface area contributed by atoms with E-state index in [-0.39, 0.29) is 13.2 Å². The number of aliphatic hydroxyl groups is 2. The van der Waals surface area contributed by atoms with Crippen LogP contribution in [0.1, 0.15) is 22.3 Å². The van der Waals surface area contributed by atoms with Crippen LogP contribution in [-0.2, 0) is 13.1 Å². The van der Waals surface area contributed by atoms with Gasteiger partial charge in [0.15, 0.2) is 0 Å². The summed E-state index contributed by atoms with van der Waals surface area (Å²) in [6.45, 7) is 6.69. The van der Waals surface area contributed by atoms with Crippen molar-refractivity contribution in [3.63, 3.8) is 0 Å². The third kappa shape index (κ3) is 7.76. The molecule has 12 nitrogen and oxygen atoms in total. The Labute approximate surface area is 278 Å². The van der Waals surface area contributed by atoms with Gasteiger partial charge < -0.3 is 40.3 Å². The van der Waals surface area contributed by atoms with E-state index in [1.54, 1.807) is 0 Å². The van der Waals surface area contributed by atoms with E-state index in [4.69, 9.17) is 19.0 Å². The Bertz CT molecular complexity index is 1950. The van der Waals surface area contributed by atoms with Gasteiger partial charge >= 0.3 is 12.0 Å². The van der Waals surface area contributed by atoms with E-state index in [0.717, 1.165) is 55.9 Å². The Morgan fingerprint density at radius 2 is 1.04 bits per heavy atom. The number of benzene rings is 4. The van der Waals surface area contributed by atoms with Crippen molar-refractivity contribution < 1.29 is 19.0 Å². The van der Waals surface area contributed by atoms with Crippen LogP contribution >= 0.6 is 0 Å². The molecule has 4 aromatic carbocycles. The van der Waals surface area contributed by atoms with Crippen LogP contribution in [0.2, 0.25) is 0 Å². The summed E-state index contributed by atoms with van der Waals surface area (Å²) in [5.74, 6) is 0.824. The molecule has 6 aromatic rings. The van der Waals surface area contributed by atoms with E-state index < -0.39 is 0 Å². The van der Waals surface area contributed by atoms with Gasteiger partial charge in [-0.2, -0.15) is 0 Å². The molecule has 6 rings (SSSR count). The zero-order chi connectivity index (χ0) is 33.3. The number of aromatic nitrogens is 4. The maximum Gasteiger partial charge on any atom is 0.320 e. The van der Waals surface area contributed by atoms with Gasteiger partial charge in [0, 0.05) is 48.7 Å². The molecule has 0 spiro atoms. The van der Waals surface area contributed by atoms with Crippen molar-refractivity contribution in [3.8, 4) is 34.0 Å². The van der Waals surface area contributed by atoms with Crippen LogP contribution in [0.25, 0.3) is 34.0 Å². The Morgan fingerprint density at radius 1 is 0.542 bits per heavy atom. The lowest BCUT2D eigenvalue weighted by molar-refractivity contribution is 0.291. The smallest absolute Gasteiger partial charge is 0.320 e. The highest BCUT2D eigenvalue weighted by Crippen LogP contribution is 2.37. The second kappa shape index (κ2) is 15.5. The first-order chi connectivity index (χ1) is 23.5. The second-order valence-electron chi connectivity index (χ2n) is 11.2. The van der Waals surface area contributed by atoms with Crippen LogP contribution in [0, 0.1) is 13.8 Å².